The van der Waals surface area contributed by atoms with Crippen molar-refractivity contribution < 1.29 is 4.92 Å². The van der Waals surface area contributed by atoms with Crippen molar-refractivity contribution in [3.63, 3.8) is 0 Å². The standard InChI is InChI=1S/C20H15Cl3N4O2S/c1-3-8-24-20-26(19(11-30-20)15-6-5-14(21)10-17(15)23)25-12(2)13-4-7-16(22)18(9-13)27(28)29/h3-7,9-11H,1,8H2,2H3. The van der Waals surface area contributed by atoms with Gasteiger partial charge in [0.05, 0.1) is 27.9 Å². The first-order valence-electron chi connectivity index (χ1n) is 8.59. The number of hydrogen-bond donors (Lipinski definition) is 0. The number of nitro benzene ring substituents is 1. The lowest BCUT2D eigenvalue weighted by Gasteiger charge is -2.08. The second-order valence-corrected chi connectivity index (χ2v) is 8.16. The van der Waals surface area contributed by atoms with Gasteiger partial charge in [-0.15, -0.1) is 17.9 Å². The number of nitro groups is 1. The minimum absolute atomic E-state index is 0.0649. The molecule has 2 aromatic carbocycles. The number of hydrogen-bond acceptors (Lipinski definition) is 5. The molecule has 0 atom stereocenters. The van der Waals surface area contributed by atoms with Gasteiger partial charge in [-0.3, -0.25) is 15.1 Å². The van der Waals surface area contributed by atoms with Gasteiger partial charge >= 0.3 is 0 Å². The van der Waals surface area contributed by atoms with Gasteiger partial charge in [0, 0.05) is 27.6 Å². The molecule has 30 heavy (non-hydrogen) atoms. The van der Waals surface area contributed by atoms with Gasteiger partial charge in [0.25, 0.3) is 5.69 Å². The van der Waals surface area contributed by atoms with Gasteiger partial charge in [0.2, 0.25) is 4.80 Å². The molecule has 0 aliphatic carbocycles. The van der Waals surface area contributed by atoms with Crippen molar-refractivity contribution >= 4 is 57.5 Å². The summed E-state index contributed by atoms with van der Waals surface area (Å²) in [5, 5.41) is 18.8. The Morgan fingerprint density at radius 2 is 2.00 bits per heavy atom. The minimum atomic E-state index is -0.527. The van der Waals surface area contributed by atoms with Crippen LogP contribution >= 0.6 is 46.1 Å². The number of thiazole rings is 1. The molecule has 0 fully saturated rings. The Kier molecular flexibility index (Phi) is 7.10. The lowest BCUT2D eigenvalue weighted by molar-refractivity contribution is -0.384. The summed E-state index contributed by atoms with van der Waals surface area (Å²) in [6.45, 7) is 5.85. The molecule has 0 saturated carbocycles. The lowest BCUT2D eigenvalue weighted by Crippen LogP contribution is -2.14. The highest BCUT2D eigenvalue weighted by molar-refractivity contribution is 7.07. The van der Waals surface area contributed by atoms with Crippen molar-refractivity contribution in [2.24, 2.45) is 10.1 Å². The van der Waals surface area contributed by atoms with Crippen LogP contribution in [0.3, 0.4) is 0 Å². The van der Waals surface area contributed by atoms with Crippen LogP contribution < -0.4 is 4.80 Å². The monoisotopic (exact) mass is 480 g/mol. The van der Waals surface area contributed by atoms with E-state index in [1.54, 1.807) is 41.9 Å². The Morgan fingerprint density at radius 3 is 2.67 bits per heavy atom. The third-order valence-corrected chi connectivity index (χ3v) is 5.78. The molecule has 10 heteroatoms. The summed E-state index contributed by atoms with van der Waals surface area (Å²) in [5.74, 6) is 0. The van der Waals surface area contributed by atoms with E-state index >= 15 is 0 Å². The molecule has 0 aliphatic rings. The fraction of sp³-hybridized carbons (Fsp3) is 0.100. The molecule has 1 aromatic heterocycles. The van der Waals surface area contributed by atoms with Crippen molar-refractivity contribution in [3.05, 3.63) is 90.0 Å². The fourth-order valence-corrected chi connectivity index (χ4v) is 4.14. The van der Waals surface area contributed by atoms with Crippen LogP contribution in [-0.4, -0.2) is 21.9 Å². The second-order valence-electron chi connectivity index (χ2n) is 6.08. The number of halogens is 3. The third-order valence-electron chi connectivity index (χ3n) is 4.06. The summed E-state index contributed by atoms with van der Waals surface area (Å²) in [6.07, 6.45) is 1.68. The average Bonchev–Trinajstić information content (AvgIpc) is 3.08. The largest absolute Gasteiger partial charge is 0.288 e. The summed E-state index contributed by atoms with van der Waals surface area (Å²) < 4.78 is 1.65. The Morgan fingerprint density at radius 1 is 1.23 bits per heavy atom. The molecule has 0 N–H and O–H groups in total. The van der Waals surface area contributed by atoms with Gasteiger partial charge in [0.15, 0.2) is 0 Å². The first kappa shape index (κ1) is 22.2. The SMILES string of the molecule is C=CCN=c1scc(-c2ccc(Cl)cc2Cl)n1N=C(C)c1ccc(Cl)c([N+](=O)[O-])c1. The van der Waals surface area contributed by atoms with Crippen LogP contribution in [0, 0.1) is 10.1 Å². The lowest BCUT2D eigenvalue weighted by atomic mass is 10.1. The molecule has 3 aromatic rings. The summed E-state index contributed by atoms with van der Waals surface area (Å²) in [6, 6.07) is 9.75. The molecule has 0 saturated heterocycles. The molecule has 1 heterocycles. The smallest absolute Gasteiger partial charge is 0.258 e. The van der Waals surface area contributed by atoms with E-state index in [-0.39, 0.29) is 10.7 Å². The number of benzene rings is 2. The Labute approximate surface area is 191 Å². The Bertz CT molecular complexity index is 1230. The highest BCUT2D eigenvalue weighted by Gasteiger charge is 2.16. The van der Waals surface area contributed by atoms with Crippen LogP contribution in [0.15, 0.2) is 64.5 Å². The molecular formula is C20H15Cl3N4O2S. The minimum Gasteiger partial charge on any atom is -0.258 e. The van der Waals surface area contributed by atoms with Gasteiger partial charge in [-0.25, -0.2) is 4.68 Å². The summed E-state index contributed by atoms with van der Waals surface area (Å²) in [7, 11) is 0. The van der Waals surface area contributed by atoms with Gasteiger partial charge < -0.3 is 0 Å². The maximum absolute atomic E-state index is 11.2. The predicted molar refractivity (Wildman–Crippen MR) is 124 cm³/mol. The van der Waals surface area contributed by atoms with Crippen LogP contribution in [0.5, 0.6) is 0 Å². The van der Waals surface area contributed by atoms with E-state index < -0.39 is 4.92 Å². The zero-order chi connectivity index (χ0) is 21.8. The first-order valence-corrected chi connectivity index (χ1v) is 10.6. The topological polar surface area (TPSA) is 72.8 Å². The van der Waals surface area contributed by atoms with E-state index in [9.17, 15) is 10.1 Å². The maximum Gasteiger partial charge on any atom is 0.288 e. The molecule has 0 radical (unpaired) electrons. The number of nitrogens with zero attached hydrogens (tertiary/aromatic N) is 4. The molecule has 0 aliphatic heterocycles. The molecule has 0 unspecified atom stereocenters. The highest BCUT2D eigenvalue weighted by Crippen LogP contribution is 2.31. The van der Waals surface area contributed by atoms with Crippen LogP contribution in [0.4, 0.5) is 5.69 Å². The fourth-order valence-electron chi connectivity index (χ4n) is 2.62. The van der Waals surface area contributed by atoms with Gasteiger partial charge in [-0.1, -0.05) is 46.9 Å². The number of rotatable bonds is 6. The molecule has 0 bridgehead atoms. The third kappa shape index (κ3) is 4.82. The van der Waals surface area contributed by atoms with Crippen LogP contribution in [0.25, 0.3) is 11.3 Å². The zero-order valence-corrected chi connectivity index (χ0v) is 18.8. The van der Waals surface area contributed by atoms with Crippen molar-refractivity contribution in [1.82, 2.24) is 4.68 Å². The molecule has 0 amide bonds. The normalized spacial score (nSPS) is 12.3. The first-order chi connectivity index (χ1) is 14.3. The van der Waals surface area contributed by atoms with Gasteiger partial charge in [0.1, 0.15) is 5.02 Å². The van der Waals surface area contributed by atoms with Crippen molar-refractivity contribution in [2.75, 3.05) is 6.54 Å². The molecule has 6 nitrogen and oxygen atoms in total. The summed E-state index contributed by atoms with van der Waals surface area (Å²) >= 11 is 19.7. The van der Waals surface area contributed by atoms with E-state index in [1.165, 1.54) is 23.5 Å². The summed E-state index contributed by atoms with van der Waals surface area (Å²) in [4.78, 5) is 15.8. The Balaban J connectivity index is 2.18. The van der Waals surface area contributed by atoms with Crippen LogP contribution in [-0.2, 0) is 0 Å². The summed E-state index contributed by atoms with van der Waals surface area (Å²) in [5.41, 5.74) is 2.37. The maximum atomic E-state index is 11.2. The average molecular weight is 482 g/mol. The Hall–Kier alpha value is -2.45. The molecule has 0 spiro atoms. The predicted octanol–water partition coefficient (Wildman–Crippen LogP) is 6.44. The van der Waals surface area contributed by atoms with Crippen molar-refractivity contribution in [3.8, 4) is 11.3 Å². The van der Waals surface area contributed by atoms with Crippen molar-refractivity contribution in [2.45, 2.75) is 6.92 Å². The van der Waals surface area contributed by atoms with E-state index in [0.717, 1.165) is 5.56 Å². The molecular weight excluding hydrogens is 467 g/mol. The van der Waals surface area contributed by atoms with Crippen LogP contribution in [0.1, 0.15) is 12.5 Å². The van der Waals surface area contributed by atoms with E-state index in [1.807, 2.05) is 5.38 Å². The van der Waals surface area contributed by atoms with Crippen molar-refractivity contribution in [1.29, 1.82) is 0 Å². The molecule has 154 valence electrons. The van der Waals surface area contributed by atoms with E-state index in [2.05, 4.69) is 16.7 Å². The van der Waals surface area contributed by atoms with E-state index in [4.69, 9.17) is 34.8 Å². The molecule has 3 rings (SSSR count). The quantitative estimate of drug-likeness (QED) is 0.176. The second kappa shape index (κ2) is 9.57. The van der Waals surface area contributed by atoms with E-state index in [0.29, 0.717) is 38.4 Å². The zero-order valence-electron chi connectivity index (χ0n) is 15.7. The highest BCUT2D eigenvalue weighted by atomic mass is 35.5. The van der Waals surface area contributed by atoms with Gasteiger partial charge in [-0.05, 0) is 31.2 Å². The number of aromatic nitrogens is 1. The van der Waals surface area contributed by atoms with Gasteiger partial charge in [-0.2, -0.15) is 5.10 Å². The van der Waals surface area contributed by atoms with Crippen LogP contribution in [0.2, 0.25) is 15.1 Å².